The first-order valence-corrected chi connectivity index (χ1v) is 8.33. The van der Waals surface area contributed by atoms with Crippen molar-refractivity contribution < 1.29 is 9.85 Å². The summed E-state index contributed by atoms with van der Waals surface area (Å²) in [6.07, 6.45) is 1.85. The van der Waals surface area contributed by atoms with Gasteiger partial charge in [0.05, 0.1) is 9.85 Å². The summed E-state index contributed by atoms with van der Waals surface area (Å²) >= 11 is 0. The van der Waals surface area contributed by atoms with E-state index in [9.17, 15) is 20.2 Å². The molecule has 0 aliphatic rings. The molecule has 0 radical (unpaired) electrons. The summed E-state index contributed by atoms with van der Waals surface area (Å²) in [7, 11) is 0. The van der Waals surface area contributed by atoms with Crippen LogP contribution in [-0.4, -0.2) is 26.4 Å². The first-order chi connectivity index (χ1) is 13.5. The molecule has 3 rings (SSSR count). The van der Waals surface area contributed by atoms with Gasteiger partial charge < -0.3 is 10.6 Å². The van der Waals surface area contributed by atoms with Crippen LogP contribution in [0.2, 0.25) is 0 Å². The van der Waals surface area contributed by atoms with Crippen LogP contribution in [0.4, 0.5) is 28.7 Å². The molecule has 0 spiro atoms. The highest BCUT2D eigenvalue weighted by molar-refractivity contribution is 5.74. The Kier molecular flexibility index (Phi) is 5.70. The average Bonchev–Trinajstić information content (AvgIpc) is 2.69. The summed E-state index contributed by atoms with van der Waals surface area (Å²) in [6, 6.07) is 15.3. The van der Waals surface area contributed by atoms with E-state index < -0.39 is 9.85 Å². The van der Waals surface area contributed by atoms with E-state index >= 15 is 0 Å². The fourth-order valence-electron chi connectivity index (χ4n) is 2.58. The van der Waals surface area contributed by atoms with Crippen LogP contribution in [0.15, 0.2) is 60.9 Å². The zero-order valence-electron chi connectivity index (χ0n) is 14.6. The third kappa shape index (κ3) is 4.55. The van der Waals surface area contributed by atoms with E-state index in [1.807, 2.05) is 30.3 Å². The summed E-state index contributed by atoms with van der Waals surface area (Å²) in [4.78, 5) is 29.2. The van der Waals surface area contributed by atoms with Gasteiger partial charge in [0.15, 0.2) is 0 Å². The predicted molar refractivity (Wildman–Crippen MR) is 104 cm³/mol. The summed E-state index contributed by atoms with van der Waals surface area (Å²) in [6.45, 7) is 0.443. The molecule has 10 nitrogen and oxygen atoms in total. The van der Waals surface area contributed by atoms with Crippen LogP contribution in [-0.2, 0) is 6.42 Å². The normalized spacial score (nSPS) is 10.3. The van der Waals surface area contributed by atoms with Gasteiger partial charge in [-0.15, -0.1) is 0 Å². The van der Waals surface area contributed by atoms with Crippen molar-refractivity contribution in [3.63, 3.8) is 0 Å². The van der Waals surface area contributed by atoms with E-state index in [2.05, 4.69) is 20.6 Å². The molecule has 0 fully saturated rings. The number of nitrogens with one attached hydrogen (secondary N) is 2. The van der Waals surface area contributed by atoms with Gasteiger partial charge in [-0.1, -0.05) is 36.4 Å². The van der Waals surface area contributed by atoms with E-state index in [0.29, 0.717) is 18.7 Å². The lowest BCUT2D eigenvalue weighted by molar-refractivity contribution is -0.384. The lowest BCUT2D eigenvalue weighted by Gasteiger charge is -2.10. The smallest absolute Gasteiger partial charge is 0.353 e. The Bertz CT molecular complexity index is 996. The fourth-order valence-corrected chi connectivity index (χ4v) is 2.58. The Morgan fingerprint density at radius 1 is 0.893 bits per heavy atom. The molecule has 3 aromatic rings. The highest BCUT2D eigenvalue weighted by atomic mass is 16.6. The number of rotatable bonds is 8. The molecule has 0 atom stereocenters. The molecule has 2 aromatic carbocycles. The number of nitro groups is 2. The number of aromatic nitrogens is 2. The number of nitro benzene ring substituents is 1. The number of hydrogen-bond donors (Lipinski definition) is 2. The van der Waals surface area contributed by atoms with Crippen molar-refractivity contribution in [3.8, 4) is 0 Å². The Morgan fingerprint density at radius 2 is 1.64 bits per heavy atom. The SMILES string of the molecule is O=[N+]([O-])c1cccc(Nc2ncnc(NCCc3ccccc3)c2[N+](=O)[O-])c1. The second-order valence-corrected chi connectivity index (χ2v) is 5.77. The van der Waals surface area contributed by atoms with E-state index in [1.165, 1.54) is 24.5 Å². The number of anilines is 3. The summed E-state index contributed by atoms with van der Waals surface area (Å²) in [5.74, 6) is 0.0200. The number of hydrogen-bond acceptors (Lipinski definition) is 8. The average molecular weight is 380 g/mol. The Labute approximate surface area is 159 Å². The van der Waals surface area contributed by atoms with Gasteiger partial charge in [-0.2, -0.15) is 0 Å². The van der Waals surface area contributed by atoms with Crippen LogP contribution >= 0.6 is 0 Å². The molecular formula is C18H16N6O4. The van der Waals surface area contributed by atoms with Crippen molar-refractivity contribution in [1.82, 2.24) is 9.97 Å². The van der Waals surface area contributed by atoms with Gasteiger partial charge >= 0.3 is 5.69 Å². The monoisotopic (exact) mass is 380 g/mol. The van der Waals surface area contributed by atoms with Crippen LogP contribution in [0, 0.1) is 20.2 Å². The maximum Gasteiger partial charge on any atom is 0.353 e. The zero-order chi connectivity index (χ0) is 19.9. The Balaban J connectivity index is 1.80. The van der Waals surface area contributed by atoms with Crippen molar-refractivity contribution in [2.24, 2.45) is 0 Å². The van der Waals surface area contributed by atoms with E-state index in [0.717, 1.165) is 5.56 Å². The first-order valence-electron chi connectivity index (χ1n) is 8.33. The predicted octanol–water partition coefficient (Wildman–Crippen LogP) is 3.69. The van der Waals surface area contributed by atoms with Gasteiger partial charge in [-0.3, -0.25) is 20.2 Å². The Morgan fingerprint density at radius 3 is 2.36 bits per heavy atom. The van der Waals surface area contributed by atoms with Crippen LogP contribution in [0.5, 0.6) is 0 Å². The Hall–Kier alpha value is -4.08. The molecule has 0 amide bonds. The van der Waals surface area contributed by atoms with E-state index in [1.54, 1.807) is 6.07 Å². The molecule has 1 heterocycles. The largest absolute Gasteiger partial charge is 0.364 e. The molecular weight excluding hydrogens is 364 g/mol. The maximum atomic E-state index is 11.6. The molecule has 10 heteroatoms. The lowest BCUT2D eigenvalue weighted by Crippen LogP contribution is -2.10. The van der Waals surface area contributed by atoms with Crippen molar-refractivity contribution in [2.45, 2.75) is 6.42 Å². The van der Waals surface area contributed by atoms with Crippen molar-refractivity contribution in [1.29, 1.82) is 0 Å². The topological polar surface area (TPSA) is 136 Å². The minimum atomic E-state index is -0.593. The number of nitrogens with zero attached hydrogens (tertiary/aromatic N) is 4. The van der Waals surface area contributed by atoms with Gasteiger partial charge in [0.2, 0.25) is 11.6 Å². The highest BCUT2D eigenvalue weighted by Crippen LogP contribution is 2.31. The first kappa shape index (κ1) is 18.7. The molecule has 28 heavy (non-hydrogen) atoms. The second-order valence-electron chi connectivity index (χ2n) is 5.77. The highest BCUT2D eigenvalue weighted by Gasteiger charge is 2.23. The molecule has 2 N–H and O–H groups in total. The minimum absolute atomic E-state index is 0.0530. The number of benzene rings is 2. The summed E-state index contributed by atoms with van der Waals surface area (Å²) in [5.41, 5.74) is 0.929. The molecule has 0 bridgehead atoms. The molecule has 142 valence electrons. The van der Waals surface area contributed by atoms with Crippen LogP contribution in [0.25, 0.3) is 0 Å². The maximum absolute atomic E-state index is 11.6. The van der Waals surface area contributed by atoms with Crippen LogP contribution in [0.3, 0.4) is 0 Å². The van der Waals surface area contributed by atoms with E-state index in [-0.39, 0.29) is 23.0 Å². The van der Waals surface area contributed by atoms with Crippen molar-refractivity contribution in [3.05, 3.63) is 86.7 Å². The van der Waals surface area contributed by atoms with E-state index in [4.69, 9.17) is 0 Å². The quantitative estimate of drug-likeness (QED) is 0.446. The summed E-state index contributed by atoms with van der Waals surface area (Å²) < 4.78 is 0. The van der Waals surface area contributed by atoms with Gasteiger partial charge in [-0.05, 0) is 18.1 Å². The molecule has 0 saturated carbocycles. The molecule has 0 aliphatic carbocycles. The molecule has 1 aromatic heterocycles. The van der Waals surface area contributed by atoms with Crippen molar-refractivity contribution in [2.75, 3.05) is 17.2 Å². The number of non-ortho nitro benzene ring substituents is 1. The molecule has 0 unspecified atom stereocenters. The standard InChI is InChI=1S/C18H16N6O4/c25-23(26)15-8-4-7-14(11-15)22-18-16(24(27)28)17(20-12-21-18)19-10-9-13-5-2-1-3-6-13/h1-8,11-12H,9-10H2,(H2,19,20,21,22). The molecule has 0 aliphatic heterocycles. The van der Waals surface area contributed by atoms with Gasteiger partial charge in [-0.25, -0.2) is 9.97 Å². The second kappa shape index (κ2) is 8.54. The van der Waals surface area contributed by atoms with Crippen LogP contribution in [0.1, 0.15) is 5.56 Å². The fraction of sp³-hybridized carbons (Fsp3) is 0.111. The van der Waals surface area contributed by atoms with Gasteiger partial charge in [0.1, 0.15) is 6.33 Å². The van der Waals surface area contributed by atoms with Gasteiger partial charge in [0, 0.05) is 24.4 Å². The van der Waals surface area contributed by atoms with Gasteiger partial charge in [0.25, 0.3) is 5.69 Å². The minimum Gasteiger partial charge on any atom is -0.364 e. The van der Waals surface area contributed by atoms with Crippen LogP contribution < -0.4 is 10.6 Å². The lowest BCUT2D eigenvalue weighted by atomic mass is 10.1. The third-order valence-electron chi connectivity index (χ3n) is 3.87. The third-order valence-corrected chi connectivity index (χ3v) is 3.87. The van der Waals surface area contributed by atoms with Crippen molar-refractivity contribution >= 4 is 28.7 Å². The molecule has 0 saturated heterocycles. The zero-order valence-corrected chi connectivity index (χ0v) is 14.6. The summed E-state index contributed by atoms with van der Waals surface area (Å²) in [5, 5.41) is 28.2.